The molecule has 0 fully saturated rings. The van der Waals surface area contributed by atoms with E-state index in [1.54, 1.807) is 36.5 Å². The fourth-order valence-corrected chi connectivity index (χ4v) is 3.62. The van der Waals surface area contributed by atoms with Gasteiger partial charge in [-0.1, -0.05) is 54.1 Å². The molecule has 1 aromatic heterocycles. The molecule has 0 aliphatic heterocycles. The van der Waals surface area contributed by atoms with Gasteiger partial charge in [0, 0.05) is 17.3 Å². The summed E-state index contributed by atoms with van der Waals surface area (Å²) >= 11 is 9.65. The predicted octanol–water partition coefficient (Wildman–Crippen LogP) is 6.32. The number of carbonyl (C=O) groups excluding carboxylic acids is 1. The van der Waals surface area contributed by atoms with Gasteiger partial charge in [-0.2, -0.15) is 5.10 Å². The molecule has 0 saturated carbocycles. The Balaban J connectivity index is 1.38. The fourth-order valence-electron chi connectivity index (χ4n) is 3.02. The summed E-state index contributed by atoms with van der Waals surface area (Å²) in [6, 6.07) is 21.1. The number of benzene rings is 3. The third-order valence-corrected chi connectivity index (χ3v) is 5.62. The van der Waals surface area contributed by atoms with Crippen LogP contribution in [0.25, 0.3) is 0 Å². The van der Waals surface area contributed by atoms with Gasteiger partial charge in [0.15, 0.2) is 5.82 Å². The van der Waals surface area contributed by atoms with E-state index in [1.807, 2.05) is 36.4 Å². The first kappa shape index (κ1) is 22.0. The highest BCUT2D eigenvalue weighted by atomic mass is 79.9. The molecule has 1 N–H and O–H groups in total. The molecule has 5 nitrogen and oxygen atoms in total. The average molecular weight is 515 g/mol. The minimum atomic E-state index is -0.346. The monoisotopic (exact) mass is 513 g/mol. The molecule has 0 aliphatic rings. The number of para-hydroxylation sites is 1. The third kappa shape index (κ3) is 5.36. The van der Waals surface area contributed by atoms with E-state index in [2.05, 4.69) is 26.3 Å². The molecule has 0 atom stereocenters. The lowest BCUT2D eigenvalue weighted by Gasteiger charge is -2.09. The minimum Gasteiger partial charge on any atom is -0.488 e. The number of aromatic nitrogens is 2. The summed E-state index contributed by atoms with van der Waals surface area (Å²) in [7, 11) is 0. The van der Waals surface area contributed by atoms with Crippen LogP contribution in [0.1, 0.15) is 21.5 Å². The van der Waals surface area contributed by atoms with Crippen molar-refractivity contribution in [3.8, 4) is 5.75 Å². The Bertz CT molecular complexity index is 1240. The van der Waals surface area contributed by atoms with E-state index >= 15 is 0 Å². The van der Waals surface area contributed by atoms with E-state index in [1.165, 1.54) is 10.7 Å². The lowest BCUT2D eigenvalue weighted by atomic mass is 10.1. The summed E-state index contributed by atoms with van der Waals surface area (Å²) in [6.45, 7) is 0.575. The highest BCUT2D eigenvalue weighted by Crippen LogP contribution is 2.25. The summed E-state index contributed by atoms with van der Waals surface area (Å²) in [5, 5.41) is 7.23. The lowest BCUT2D eigenvalue weighted by molar-refractivity contribution is 0.102. The van der Waals surface area contributed by atoms with Crippen LogP contribution in [0, 0.1) is 5.82 Å². The van der Waals surface area contributed by atoms with Crippen LogP contribution < -0.4 is 10.1 Å². The summed E-state index contributed by atoms with van der Waals surface area (Å²) in [6.07, 6.45) is 1.55. The van der Waals surface area contributed by atoms with Crippen molar-refractivity contribution < 1.29 is 13.9 Å². The number of hydrogen-bond donors (Lipinski definition) is 1. The zero-order valence-corrected chi connectivity index (χ0v) is 19.1. The molecule has 1 amide bonds. The molecule has 0 bridgehead atoms. The average Bonchev–Trinajstić information content (AvgIpc) is 3.13. The van der Waals surface area contributed by atoms with Gasteiger partial charge in [-0.3, -0.25) is 9.48 Å². The molecule has 3 aromatic carbocycles. The molecule has 8 heteroatoms. The van der Waals surface area contributed by atoms with Crippen molar-refractivity contribution >= 4 is 39.3 Å². The van der Waals surface area contributed by atoms with Gasteiger partial charge in [0.25, 0.3) is 5.91 Å². The molecule has 162 valence electrons. The Morgan fingerprint density at radius 2 is 1.78 bits per heavy atom. The number of amides is 1. The van der Waals surface area contributed by atoms with Crippen LogP contribution in [0.3, 0.4) is 0 Å². The lowest BCUT2D eigenvalue weighted by Crippen LogP contribution is -2.13. The minimum absolute atomic E-state index is 0.203. The van der Waals surface area contributed by atoms with E-state index < -0.39 is 0 Å². The molecule has 0 aliphatic carbocycles. The summed E-state index contributed by atoms with van der Waals surface area (Å²) < 4.78 is 22.0. The SMILES string of the molecule is O=C(Nc1nn(Cc2ccccc2F)cc1Cl)c1ccc(COc2ccccc2Br)cc1. The molecule has 4 rings (SSSR count). The normalized spacial score (nSPS) is 10.7. The number of anilines is 1. The number of rotatable bonds is 7. The largest absolute Gasteiger partial charge is 0.488 e. The number of hydrogen-bond acceptors (Lipinski definition) is 3. The van der Waals surface area contributed by atoms with Gasteiger partial charge in [0.05, 0.1) is 11.0 Å². The van der Waals surface area contributed by atoms with Gasteiger partial charge in [-0.25, -0.2) is 4.39 Å². The Morgan fingerprint density at radius 3 is 2.53 bits per heavy atom. The summed E-state index contributed by atoms with van der Waals surface area (Å²) in [5.41, 5.74) is 1.85. The second-order valence-corrected chi connectivity index (χ2v) is 8.25. The van der Waals surface area contributed by atoms with Crippen molar-refractivity contribution in [2.75, 3.05) is 5.32 Å². The predicted molar refractivity (Wildman–Crippen MR) is 126 cm³/mol. The molecule has 1 heterocycles. The highest BCUT2D eigenvalue weighted by molar-refractivity contribution is 9.10. The topological polar surface area (TPSA) is 56.2 Å². The van der Waals surface area contributed by atoms with E-state index in [4.69, 9.17) is 16.3 Å². The molecule has 32 heavy (non-hydrogen) atoms. The quantitative estimate of drug-likeness (QED) is 0.314. The van der Waals surface area contributed by atoms with Crippen molar-refractivity contribution in [3.63, 3.8) is 0 Å². The molecule has 0 radical (unpaired) electrons. The van der Waals surface area contributed by atoms with Gasteiger partial charge in [-0.15, -0.1) is 0 Å². The van der Waals surface area contributed by atoms with Crippen LogP contribution in [0.5, 0.6) is 5.75 Å². The van der Waals surface area contributed by atoms with Gasteiger partial charge in [0.1, 0.15) is 23.2 Å². The van der Waals surface area contributed by atoms with Crippen molar-refractivity contribution in [2.45, 2.75) is 13.2 Å². The van der Waals surface area contributed by atoms with Crippen LogP contribution in [0.2, 0.25) is 5.02 Å². The number of ether oxygens (including phenoxy) is 1. The first-order valence-electron chi connectivity index (χ1n) is 9.73. The number of halogens is 3. The van der Waals surface area contributed by atoms with E-state index in [9.17, 15) is 9.18 Å². The van der Waals surface area contributed by atoms with Gasteiger partial charge < -0.3 is 10.1 Å². The maximum absolute atomic E-state index is 13.9. The third-order valence-electron chi connectivity index (χ3n) is 4.69. The van der Waals surface area contributed by atoms with Gasteiger partial charge in [-0.05, 0) is 51.8 Å². The maximum atomic E-state index is 13.9. The van der Waals surface area contributed by atoms with Crippen molar-refractivity contribution in [3.05, 3.63) is 111 Å². The first-order chi connectivity index (χ1) is 15.5. The number of carbonyl (C=O) groups is 1. The van der Waals surface area contributed by atoms with Crippen LogP contribution in [0.4, 0.5) is 10.2 Å². The van der Waals surface area contributed by atoms with Crippen molar-refractivity contribution in [1.29, 1.82) is 0 Å². The first-order valence-corrected chi connectivity index (χ1v) is 10.9. The highest BCUT2D eigenvalue weighted by Gasteiger charge is 2.13. The Kier molecular flexibility index (Phi) is 6.87. The van der Waals surface area contributed by atoms with Gasteiger partial charge >= 0.3 is 0 Å². The second kappa shape index (κ2) is 9.97. The molecular weight excluding hydrogens is 497 g/mol. The van der Waals surface area contributed by atoms with Crippen LogP contribution >= 0.6 is 27.5 Å². The molecule has 0 spiro atoms. The van der Waals surface area contributed by atoms with Crippen molar-refractivity contribution in [2.24, 2.45) is 0 Å². The Hall–Kier alpha value is -3.16. The smallest absolute Gasteiger partial charge is 0.256 e. The standard InChI is InChI=1S/C24H18BrClFN3O2/c25-19-6-2-4-8-22(19)32-15-16-9-11-17(12-10-16)24(31)28-23-20(26)14-30(29-23)13-18-5-1-3-7-21(18)27/h1-12,14H,13,15H2,(H,28,29,31). The summed E-state index contributed by atoms with van der Waals surface area (Å²) in [5.74, 6) is 0.291. The van der Waals surface area contributed by atoms with Crippen molar-refractivity contribution in [1.82, 2.24) is 9.78 Å². The summed E-state index contributed by atoms with van der Waals surface area (Å²) in [4.78, 5) is 12.6. The van der Waals surface area contributed by atoms with Crippen LogP contribution in [-0.4, -0.2) is 15.7 Å². The maximum Gasteiger partial charge on any atom is 0.256 e. The second-order valence-electron chi connectivity index (χ2n) is 6.98. The molecule has 0 saturated heterocycles. The Morgan fingerprint density at radius 1 is 1.06 bits per heavy atom. The number of nitrogens with zero attached hydrogens (tertiary/aromatic N) is 2. The zero-order chi connectivity index (χ0) is 22.5. The Labute approximate surface area is 197 Å². The van der Waals surface area contributed by atoms with Crippen LogP contribution in [0.15, 0.2) is 83.5 Å². The fraction of sp³-hybridized carbons (Fsp3) is 0.0833. The van der Waals surface area contributed by atoms with Gasteiger partial charge in [0.2, 0.25) is 0 Å². The zero-order valence-electron chi connectivity index (χ0n) is 16.8. The number of nitrogens with one attached hydrogen (secondary N) is 1. The molecule has 4 aromatic rings. The molecular formula is C24H18BrClFN3O2. The van der Waals surface area contributed by atoms with E-state index in [0.717, 1.165) is 15.8 Å². The van der Waals surface area contributed by atoms with E-state index in [-0.39, 0.29) is 29.1 Å². The van der Waals surface area contributed by atoms with Crippen LogP contribution in [-0.2, 0) is 13.2 Å². The van der Waals surface area contributed by atoms with E-state index in [0.29, 0.717) is 17.7 Å². The molecule has 0 unspecified atom stereocenters.